The molecule has 1 rings (SSSR count). The van der Waals surface area contributed by atoms with Crippen molar-refractivity contribution in [3.05, 3.63) is 24.5 Å². The molecule has 1 heterocycles. The SMILES string of the molecule is C=CCn1cc(C)nc1NCCCS(C)=O. The fourth-order valence-electron chi connectivity index (χ4n) is 1.44. The highest BCUT2D eigenvalue weighted by molar-refractivity contribution is 7.84. The number of hydrogen-bond donors (Lipinski definition) is 1. The molecule has 0 saturated carbocycles. The highest BCUT2D eigenvalue weighted by atomic mass is 32.2. The number of rotatable bonds is 7. The standard InChI is InChI=1S/C11H19N3OS/c1-4-7-14-9-10(2)13-11(14)12-6-5-8-16(3)15/h4,9H,1,5-8H2,2-3H3,(H,12,13). The van der Waals surface area contributed by atoms with Crippen molar-refractivity contribution in [2.75, 3.05) is 23.9 Å². The number of nitrogens with zero attached hydrogens (tertiary/aromatic N) is 2. The van der Waals surface area contributed by atoms with Gasteiger partial charge in [0, 0.05) is 42.1 Å². The summed E-state index contributed by atoms with van der Waals surface area (Å²) in [7, 11) is -0.710. The zero-order valence-electron chi connectivity index (χ0n) is 9.90. The molecule has 0 fully saturated rings. The summed E-state index contributed by atoms with van der Waals surface area (Å²) in [6.45, 7) is 7.23. The van der Waals surface area contributed by atoms with Crippen LogP contribution in [0.25, 0.3) is 0 Å². The summed E-state index contributed by atoms with van der Waals surface area (Å²) < 4.78 is 12.9. The van der Waals surface area contributed by atoms with E-state index < -0.39 is 10.8 Å². The number of nitrogens with one attached hydrogen (secondary N) is 1. The van der Waals surface area contributed by atoms with Crippen molar-refractivity contribution in [3.8, 4) is 0 Å². The monoisotopic (exact) mass is 241 g/mol. The summed E-state index contributed by atoms with van der Waals surface area (Å²) in [6.07, 6.45) is 6.45. The molecule has 90 valence electrons. The second-order valence-corrected chi connectivity index (χ2v) is 5.26. The van der Waals surface area contributed by atoms with Crippen LogP contribution in [0.15, 0.2) is 18.9 Å². The van der Waals surface area contributed by atoms with Gasteiger partial charge in [0.05, 0.1) is 5.69 Å². The molecule has 0 bridgehead atoms. The van der Waals surface area contributed by atoms with E-state index in [1.165, 1.54) is 0 Å². The van der Waals surface area contributed by atoms with E-state index in [0.29, 0.717) is 0 Å². The zero-order valence-corrected chi connectivity index (χ0v) is 10.7. The first-order chi connectivity index (χ1) is 7.63. The van der Waals surface area contributed by atoms with E-state index in [2.05, 4.69) is 16.9 Å². The Labute approximate surface area is 99.2 Å². The number of aromatic nitrogens is 2. The molecule has 16 heavy (non-hydrogen) atoms. The highest BCUT2D eigenvalue weighted by Crippen LogP contribution is 2.08. The minimum absolute atomic E-state index is 0.710. The Bertz CT molecular complexity index is 373. The lowest BCUT2D eigenvalue weighted by Crippen LogP contribution is -2.10. The van der Waals surface area contributed by atoms with E-state index in [0.717, 1.165) is 36.9 Å². The van der Waals surface area contributed by atoms with Gasteiger partial charge in [-0.05, 0) is 13.3 Å². The lowest BCUT2D eigenvalue weighted by molar-refractivity contribution is 0.684. The third-order valence-corrected chi connectivity index (χ3v) is 2.98. The molecule has 0 amide bonds. The van der Waals surface area contributed by atoms with Crippen molar-refractivity contribution in [2.45, 2.75) is 19.9 Å². The topological polar surface area (TPSA) is 46.9 Å². The van der Waals surface area contributed by atoms with E-state index in [1.807, 2.05) is 23.8 Å². The lowest BCUT2D eigenvalue weighted by atomic mass is 10.5. The number of aryl methyl sites for hydroxylation is 1. The van der Waals surface area contributed by atoms with Crippen molar-refractivity contribution in [1.29, 1.82) is 0 Å². The van der Waals surface area contributed by atoms with Crippen molar-refractivity contribution < 1.29 is 4.21 Å². The normalized spacial score (nSPS) is 12.4. The summed E-state index contributed by atoms with van der Waals surface area (Å²) in [5.41, 5.74) is 0.989. The summed E-state index contributed by atoms with van der Waals surface area (Å²) in [5.74, 6) is 1.59. The van der Waals surface area contributed by atoms with Gasteiger partial charge in [-0.2, -0.15) is 0 Å². The number of allylic oxidation sites excluding steroid dienone is 1. The van der Waals surface area contributed by atoms with Gasteiger partial charge in [0.25, 0.3) is 0 Å². The molecule has 1 N–H and O–H groups in total. The van der Waals surface area contributed by atoms with Gasteiger partial charge < -0.3 is 9.88 Å². The first-order valence-electron chi connectivity index (χ1n) is 5.32. The zero-order chi connectivity index (χ0) is 12.0. The maximum atomic E-state index is 10.9. The highest BCUT2D eigenvalue weighted by Gasteiger charge is 2.03. The van der Waals surface area contributed by atoms with Crippen LogP contribution in [0.1, 0.15) is 12.1 Å². The van der Waals surface area contributed by atoms with Crippen molar-refractivity contribution >= 4 is 16.7 Å². The molecule has 0 spiro atoms. The lowest BCUT2D eigenvalue weighted by Gasteiger charge is -2.06. The molecule has 0 radical (unpaired) electrons. The molecule has 0 aromatic carbocycles. The maximum Gasteiger partial charge on any atom is 0.203 e. The second-order valence-electron chi connectivity index (χ2n) is 3.70. The number of anilines is 1. The Hall–Kier alpha value is -1.10. The van der Waals surface area contributed by atoms with E-state index in [-0.39, 0.29) is 0 Å². The van der Waals surface area contributed by atoms with E-state index in [4.69, 9.17) is 0 Å². The third-order valence-electron chi connectivity index (χ3n) is 2.11. The predicted molar refractivity (Wildman–Crippen MR) is 69.2 cm³/mol. The first kappa shape index (κ1) is 13.0. The molecular weight excluding hydrogens is 222 g/mol. The fraction of sp³-hybridized carbons (Fsp3) is 0.545. The molecule has 4 nitrogen and oxygen atoms in total. The molecule has 5 heteroatoms. The minimum Gasteiger partial charge on any atom is -0.356 e. The van der Waals surface area contributed by atoms with Crippen LogP contribution < -0.4 is 5.32 Å². The number of hydrogen-bond acceptors (Lipinski definition) is 3. The first-order valence-corrected chi connectivity index (χ1v) is 7.04. The predicted octanol–water partition coefficient (Wildman–Crippen LogP) is 1.56. The molecule has 0 saturated heterocycles. The summed E-state index contributed by atoms with van der Waals surface area (Å²) in [5, 5.41) is 3.24. The largest absolute Gasteiger partial charge is 0.356 e. The maximum absolute atomic E-state index is 10.9. The van der Waals surface area contributed by atoms with Crippen LogP contribution in [0.3, 0.4) is 0 Å². The molecule has 1 aromatic heterocycles. The number of imidazole rings is 1. The van der Waals surface area contributed by atoms with Crippen LogP contribution in [0, 0.1) is 6.92 Å². The van der Waals surface area contributed by atoms with Crippen LogP contribution in [0.5, 0.6) is 0 Å². The molecule has 1 unspecified atom stereocenters. The van der Waals surface area contributed by atoms with Crippen LogP contribution >= 0.6 is 0 Å². The van der Waals surface area contributed by atoms with Crippen LogP contribution in [-0.4, -0.2) is 32.3 Å². The molecule has 1 atom stereocenters. The Morgan fingerprint density at radius 2 is 2.44 bits per heavy atom. The Kier molecular flexibility index (Phi) is 5.25. The van der Waals surface area contributed by atoms with E-state index in [9.17, 15) is 4.21 Å². The smallest absolute Gasteiger partial charge is 0.203 e. The molecular formula is C11H19N3OS. The van der Waals surface area contributed by atoms with Crippen LogP contribution in [0.4, 0.5) is 5.95 Å². The quantitative estimate of drug-likeness (QED) is 0.582. The van der Waals surface area contributed by atoms with E-state index >= 15 is 0 Å². The van der Waals surface area contributed by atoms with Gasteiger partial charge in [0.2, 0.25) is 5.95 Å². The molecule has 0 aliphatic carbocycles. The van der Waals surface area contributed by atoms with Gasteiger partial charge in [-0.1, -0.05) is 6.08 Å². The molecule has 0 aliphatic rings. The van der Waals surface area contributed by atoms with E-state index in [1.54, 1.807) is 6.26 Å². The summed E-state index contributed by atoms with van der Waals surface area (Å²) in [6, 6.07) is 0. The Morgan fingerprint density at radius 1 is 1.69 bits per heavy atom. The van der Waals surface area contributed by atoms with Gasteiger partial charge in [-0.25, -0.2) is 4.98 Å². The minimum atomic E-state index is -0.710. The molecule has 1 aromatic rings. The van der Waals surface area contributed by atoms with Gasteiger partial charge in [0.15, 0.2) is 0 Å². The Morgan fingerprint density at radius 3 is 3.06 bits per heavy atom. The van der Waals surface area contributed by atoms with Gasteiger partial charge in [0.1, 0.15) is 0 Å². The van der Waals surface area contributed by atoms with Crippen LogP contribution in [0.2, 0.25) is 0 Å². The second kappa shape index (κ2) is 6.48. The average Bonchev–Trinajstić information content (AvgIpc) is 2.54. The molecule has 0 aliphatic heterocycles. The third kappa shape index (κ3) is 4.18. The van der Waals surface area contributed by atoms with Crippen molar-refractivity contribution in [1.82, 2.24) is 9.55 Å². The van der Waals surface area contributed by atoms with Crippen molar-refractivity contribution in [2.24, 2.45) is 0 Å². The fourth-order valence-corrected chi connectivity index (χ4v) is 1.99. The average molecular weight is 241 g/mol. The van der Waals surface area contributed by atoms with Crippen molar-refractivity contribution in [3.63, 3.8) is 0 Å². The van der Waals surface area contributed by atoms with Gasteiger partial charge >= 0.3 is 0 Å². The van der Waals surface area contributed by atoms with Gasteiger partial charge in [-0.15, -0.1) is 6.58 Å². The summed E-state index contributed by atoms with van der Waals surface area (Å²) in [4.78, 5) is 4.37. The van der Waals surface area contributed by atoms with Gasteiger partial charge in [-0.3, -0.25) is 4.21 Å². The summed E-state index contributed by atoms with van der Waals surface area (Å²) >= 11 is 0. The van der Waals surface area contributed by atoms with Crippen LogP contribution in [-0.2, 0) is 17.3 Å². The Balaban J connectivity index is 2.45.